The topological polar surface area (TPSA) is 126 Å². The number of benzene rings is 1. The summed E-state index contributed by atoms with van der Waals surface area (Å²) in [5.41, 5.74) is 0.424. The molecular formula is C33H49FN6O6. The Balaban J connectivity index is 1.79. The van der Waals surface area contributed by atoms with Crippen molar-refractivity contribution < 1.29 is 33.0 Å². The van der Waals surface area contributed by atoms with Crippen LogP contribution >= 0.6 is 0 Å². The van der Waals surface area contributed by atoms with Crippen LogP contribution in [0.25, 0.3) is 0 Å². The van der Waals surface area contributed by atoms with Gasteiger partial charge in [-0.25, -0.2) is 14.2 Å². The molecule has 1 saturated heterocycles. The van der Waals surface area contributed by atoms with Gasteiger partial charge in [-0.2, -0.15) is 0 Å². The van der Waals surface area contributed by atoms with Gasteiger partial charge >= 0.3 is 6.09 Å². The highest BCUT2D eigenvalue weighted by atomic mass is 19.1. The number of imidazole rings is 1. The van der Waals surface area contributed by atoms with Gasteiger partial charge < -0.3 is 29.2 Å². The number of nitrogens with one attached hydrogen (secondary N) is 1. The Hall–Kier alpha value is -4.00. The van der Waals surface area contributed by atoms with Gasteiger partial charge in [0.1, 0.15) is 29.2 Å². The Kier molecular flexibility index (Phi) is 12.7. The van der Waals surface area contributed by atoms with Gasteiger partial charge in [0.25, 0.3) is 5.91 Å². The molecule has 0 aliphatic carbocycles. The quantitative estimate of drug-likeness (QED) is 0.354. The number of carbonyl (C=O) groups is 4. The molecule has 0 bridgehead atoms. The zero-order valence-electron chi connectivity index (χ0n) is 28.3. The van der Waals surface area contributed by atoms with Gasteiger partial charge in [-0.05, 0) is 78.5 Å². The van der Waals surface area contributed by atoms with E-state index >= 15 is 0 Å². The summed E-state index contributed by atoms with van der Waals surface area (Å²) in [4.78, 5) is 62.5. The minimum atomic E-state index is -1.03. The maximum Gasteiger partial charge on any atom is 0.410 e. The van der Waals surface area contributed by atoms with E-state index in [2.05, 4.69) is 10.3 Å². The van der Waals surface area contributed by atoms with Crippen LogP contribution in [0.1, 0.15) is 70.4 Å². The number of likely N-dealkylation sites (tertiary alicyclic amines) is 1. The number of likely N-dealkylation sites (N-methyl/N-ethyl adjacent to an activating group) is 1. The fourth-order valence-corrected chi connectivity index (χ4v) is 5.31. The molecule has 2 aromatic rings. The molecule has 254 valence electrons. The molecule has 1 aromatic carbocycles. The molecule has 1 aliphatic rings. The third-order valence-corrected chi connectivity index (χ3v) is 7.99. The molecule has 1 N–H and O–H groups in total. The van der Waals surface area contributed by atoms with Crippen molar-refractivity contribution in [3.63, 3.8) is 0 Å². The van der Waals surface area contributed by atoms with E-state index in [4.69, 9.17) is 9.47 Å². The molecule has 46 heavy (non-hydrogen) atoms. The second-order valence-electron chi connectivity index (χ2n) is 12.8. The van der Waals surface area contributed by atoms with Crippen LogP contribution in [0.15, 0.2) is 36.8 Å². The Morgan fingerprint density at radius 2 is 1.83 bits per heavy atom. The van der Waals surface area contributed by atoms with Gasteiger partial charge in [0.15, 0.2) is 0 Å². The first-order valence-corrected chi connectivity index (χ1v) is 15.8. The number of hydrogen-bond acceptors (Lipinski definition) is 7. The van der Waals surface area contributed by atoms with Crippen molar-refractivity contribution in [3.8, 4) is 0 Å². The van der Waals surface area contributed by atoms with Crippen LogP contribution in [-0.4, -0.2) is 111 Å². The summed E-state index contributed by atoms with van der Waals surface area (Å²) in [7, 11) is 3.25. The normalized spacial score (nSPS) is 16.8. The van der Waals surface area contributed by atoms with Crippen molar-refractivity contribution >= 4 is 23.8 Å². The summed E-state index contributed by atoms with van der Waals surface area (Å²) >= 11 is 0. The molecule has 0 spiro atoms. The van der Waals surface area contributed by atoms with E-state index in [9.17, 15) is 23.6 Å². The maximum absolute atomic E-state index is 14.1. The van der Waals surface area contributed by atoms with Crippen molar-refractivity contribution in [2.45, 2.75) is 90.6 Å². The fraction of sp³-hybridized carbons (Fsp3) is 0.606. The molecule has 1 aliphatic heterocycles. The van der Waals surface area contributed by atoms with Crippen LogP contribution in [-0.2, 0) is 32.5 Å². The monoisotopic (exact) mass is 644 g/mol. The predicted molar refractivity (Wildman–Crippen MR) is 170 cm³/mol. The molecule has 1 fully saturated rings. The number of nitrogens with zero attached hydrogens (tertiary/aromatic N) is 5. The average molecular weight is 645 g/mol. The highest BCUT2D eigenvalue weighted by Crippen LogP contribution is 2.22. The van der Waals surface area contributed by atoms with Crippen LogP contribution in [0.5, 0.6) is 0 Å². The second-order valence-corrected chi connectivity index (χ2v) is 12.8. The number of hydrogen-bond donors (Lipinski definition) is 1. The minimum Gasteiger partial charge on any atom is -0.444 e. The Morgan fingerprint density at radius 3 is 2.41 bits per heavy atom. The van der Waals surface area contributed by atoms with E-state index in [1.807, 2.05) is 0 Å². The first-order chi connectivity index (χ1) is 21.6. The number of ether oxygens (including phenoxy) is 2. The third kappa shape index (κ3) is 10.0. The molecule has 1 aromatic heterocycles. The van der Waals surface area contributed by atoms with E-state index in [0.29, 0.717) is 32.5 Å². The first-order valence-electron chi connectivity index (χ1n) is 15.8. The van der Waals surface area contributed by atoms with Crippen molar-refractivity contribution in [2.75, 3.05) is 33.3 Å². The smallest absolute Gasteiger partial charge is 0.410 e. The Morgan fingerprint density at radius 1 is 1.15 bits per heavy atom. The van der Waals surface area contributed by atoms with Gasteiger partial charge in [-0.1, -0.05) is 12.1 Å². The van der Waals surface area contributed by atoms with Crippen molar-refractivity contribution in [1.82, 2.24) is 29.6 Å². The first kappa shape index (κ1) is 36.5. The highest BCUT2D eigenvalue weighted by Gasteiger charge is 2.39. The Bertz CT molecular complexity index is 1340. The fourth-order valence-electron chi connectivity index (χ4n) is 5.31. The van der Waals surface area contributed by atoms with Gasteiger partial charge in [0.2, 0.25) is 11.8 Å². The SMILES string of the molecule is CCOC(C)C(NC(=O)C(C)N(C)C(=O)OC(C)(C)C)C(=O)N1CCCC1CN(CCc1ccc(F)cc1)C(=O)c1cn(C)cn1. The maximum atomic E-state index is 14.1. The lowest BCUT2D eigenvalue weighted by Gasteiger charge is -2.35. The molecule has 12 nitrogen and oxygen atoms in total. The lowest BCUT2D eigenvalue weighted by Crippen LogP contribution is -2.59. The lowest BCUT2D eigenvalue weighted by molar-refractivity contribution is -0.142. The van der Waals surface area contributed by atoms with Crippen LogP contribution in [0.3, 0.4) is 0 Å². The molecule has 0 radical (unpaired) electrons. The van der Waals surface area contributed by atoms with E-state index in [1.54, 1.807) is 87.6 Å². The lowest BCUT2D eigenvalue weighted by atomic mass is 10.1. The van der Waals surface area contributed by atoms with Gasteiger partial charge in [0, 0.05) is 52.6 Å². The van der Waals surface area contributed by atoms with Crippen molar-refractivity contribution in [1.29, 1.82) is 0 Å². The van der Waals surface area contributed by atoms with Crippen LogP contribution < -0.4 is 5.32 Å². The molecular weight excluding hydrogens is 595 g/mol. The number of rotatable bonds is 13. The van der Waals surface area contributed by atoms with Crippen molar-refractivity contribution in [3.05, 3.63) is 53.9 Å². The van der Waals surface area contributed by atoms with Crippen LogP contribution in [0, 0.1) is 5.82 Å². The molecule has 13 heteroatoms. The van der Waals surface area contributed by atoms with Gasteiger partial charge in [-0.15, -0.1) is 0 Å². The molecule has 0 saturated carbocycles. The summed E-state index contributed by atoms with van der Waals surface area (Å²) in [5.74, 6) is -1.46. The van der Waals surface area contributed by atoms with E-state index in [-0.39, 0.29) is 35.9 Å². The van der Waals surface area contributed by atoms with Crippen LogP contribution in [0.4, 0.5) is 9.18 Å². The number of carbonyl (C=O) groups excluding carboxylic acids is 4. The van der Waals surface area contributed by atoms with E-state index in [0.717, 1.165) is 12.0 Å². The molecule has 4 atom stereocenters. The minimum absolute atomic E-state index is 0.254. The summed E-state index contributed by atoms with van der Waals surface area (Å²) in [6.45, 7) is 11.7. The predicted octanol–water partition coefficient (Wildman–Crippen LogP) is 3.40. The summed E-state index contributed by atoms with van der Waals surface area (Å²) in [6.07, 6.45) is 3.76. The van der Waals surface area contributed by atoms with Crippen molar-refractivity contribution in [2.24, 2.45) is 7.05 Å². The second kappa shape index (κ2) is 16.0. The number of amides is 4. The van der Waals surface area contributed by atoms with E-state index < -0.39 is 35.8 Å². The molecule has 4 amide bonds. The number of aromatic nitrogens is 2. The number of halogens is 1. The largest absolute Gasteiger partial charge is 0.444 e. The molecule has 4 unspecified atom stereocenters. The third-order valence-electron chi connectivity index (χ3n) is 7.99. The standard InChI is InChI=1S/C33H49FN6O6/c1-9-45-23(3)28(36-29(41)22(2)38(8)32(44)46-33(4,5)6)31(43)40-17-10-11-26(40)19-39(30(42)27-20-37(7)21-35-27)18-16-24-12-14-25(34)15-13-24/h12-15,20-23,26,28H,9-11,16-19H2,1-8H3,(H,36,41). The number of aryl methyl sites for hydroxylation is 1. The summed E-state index contributed by atoms with van der Waals surface area (Å²) < 4.78 is 26.4. The summed E-state index contributed by atoms with van der Waals surface area (Å²) in [5, 5.41) is 2.82. The molecule has 3 rings (SSSR count). The zero-order chi connectivity index (χ0) is 34.2. The Labute approximate surface area is 271 Å². The average Bonchev–Trinajstić information content (AvgIpc) is 3.65. The van der Waals surface area contributed by atoms with Gasteiger partial charge in [-0.3, -0.25) is 19.3 Å². The molecule has 2 heterocycles. The zero-order valence-corrected chi connectivity index (χ0v) is 28.3. The summed E-state index contributed by atoms with van der Waals surface area (Å²) in [6, 6.07) is 3.88. The highest BCUT2D eigenvalue weighted by molar-refractivity contribution is 5.93. The van der Waals surface area contributed by atoms with Crippen LogP contribution in [0.2, 0.25) is 0 Å². The van der Waals surface area contributed by atoms with Gasteiger partial charge in [0.05, 0.1) is 12.4 Å². The van der Waals surface area contributed by atoms with E-state index in [1.165, 1.54) is 24.1 Å².